The summed E-state index contributed by atoms with van der Waals surface area (Å²) in [7, 11) is 1.81. The topological polar surface area (TPSA) is 116 Å². The standard InChI is InChI=1S/C16H13FN8O/c1-24-7-9(3-21-24)13-8-25-14(6-19-13)11(5-22-25)16(26)23-12-2-10(18)4-20-15(12)17/h2-8H,18H2,1H3,(H,23,26). The highest BCUT2D eigenvalue weighted by Crippen LogP contribution is 2.20. The predicted molar refractivity (Wildman–Crippen MR) is 91.7 cm³/mol. The van der Waals surface area contributed by atoms with Crippen LogP contribution in [0.1, 0.15) is 10.4 Å². The lowest BCUT2D eigenvalue weighted by Crippen LogP contribution is -2.13. The van der Waals surface area contributed by atoms with Gasteiger partial charge in [-0.05, 0) is 6.07 Å². The van der Waals surface area contributed by atoms with Crippen molar-refractivity contribution in [3.8, 4) is 11.3 Å². The van der Waals surface area contributed by atoms with Gasteiger partial charge in [0.15, 0.2) is 0 Å². The number of carbonyl (C=O) groups is 1. The van der Waals surface area contributed by atoms with Crippen LogP contribution in [0.4, 0.5) is 15.8 Å². The minimum absolute atomic E-state index is 0.103. The van der Waals surface area contributed by atoms with Crippen molar-refractivity contribution in [3.05, 3.63) is 54.8 Å². The quantitative estimate of drug-likeness (QED) is 0.540. The van der Waals surface area contributed by atoms with Crippen molar-refractivity contribution in [2.45, 2.75) is 0 Å². The molecule has 26 heavy (non-hydrogen) atoms. The summed E-state index contributed by atoms with van der Waals surface area (Å²) in [5.74, 6) is -1.36. The molecule has 0 aliphatic carbocycles. The Labute approximate surface area is 146 Å². The molecule has 4 aromatic rings. The fraction of sp³-hybridized carbons (Fsp3) is 0.0625. The van der Waals surface area contributed by atoms with E-state index in [1.807, 2.05) is 13.2 Å². The van der Waals surface area contributed by atoms with E-state index < -0.39 is 11.9 Å². The second kappa shape index (κ2) is 5.92. The summed E-state index contributed by atoms with van der Waals surface area (Å²) in [4.78, 5) is 20.3. The average molecular weight is 352 g/mol. The number of anilines is 2. The van der Waals surface area contributed by atoms with E-state index in [0.29, 0.717) is 11.2 Å². The largest absolute Gasteiger partial charge is 0.397 e. The van der Waals surface area contributed by atoms with E-state index in [4.69, 9.17) is 5.73 Å². The smallest absolute Gasteiger partial charge is 0.259 e. The van der Waals surface area contributed by atoms with E-state index in [1.165, 1.54) is 29.2 Å². The third kappa shape index (κ3) is 2.73. The third-order valence-corrected chi connectivity index (χ3v) is 3.76. The van der Waals surface area contributed by atoms with Gasteiger partial charge in [0.05, 0.1) is 59.1 Å². The van der Waals surface area contributed by atoms with Crippen molar-refractivity contribution < 1.29 is 9.18 Å². The molecule has 0 aromatic carbocycles. The summed E-state index contributed by atoms with van der Waals surface area (Å²) in [6, 6.07) is 1.30. The lowest BCUT2D eigenvalue weighted by atomic mass is 10.2. The fourth-order valence-electron chi connectivity index (χ4n) is 2.50. The predicted octanol–water partition coefficient (Wildman–Crippen LogP) is 1.50. The fourth-order valence-corrected chi connectivity index (χ4v) is 2.50. The van der Waals surface area contributed by atoms with Gasteiger partial charge in [-0.15, -0.1) is 0 Å². The number of hydrogen-bond acceptors (Lipinski definition) is 6. The maximum absolute atomic E-state index is 13.7. The Balaban J connectivity index is 1.66. The van der Waals surface area contributed by atoms with Crippen molar-refractivity contribution in [1.82, 2.24) is 29.4 Å². The minimum atomic E-state index is -0.819. The molecule has 0 aliphatic rings. The molecule has 0 bridgehead atoms. The van der Waals surface area contributed by atoms with E-state index in [1.54, 1.807) is 17.1 Å². The molecule has 0 unspecified atom stereocenters. The number of pyridine rings is 1. The number of fused-ring (bicyclic) bond motifs is 1. The van der Waals surface area contributed by atoms with Crippen molar-refractivity contribution in [1.29, 1.82) is 0 Å². The first-order valence-corrected chi connectivity index (χ1v) is 7.56. The van der Waals surface area contributed by atoms with Crippen LogP contribution in [0.2, 0.25) is 0 Å². The molecule has 0 saturated heterocycles. The lowest BCUT2D eigenvalue weighted by Gasteiger charge is -2.06. The van der Waals surface area contributed by atoms with Crippen molar-refractivity contribution in [3.63, 3.8) is 0 Å². The van der Waals surface area contributed by atoms with Gasteiger partial charge in [-0.25, -0.2) is 9.50 Å². The summed E-state index contributed by atoms with van der Waals surface area (Å²) >= 11 is 0. The highest BCUT2D eigenvalue weighted by atomic mass is 19.1. The molecule has 3 N–H and O–H groups in total. The van der Waals surface area contributed by atoms with Crippen LogP contribution in [-0.2, 0) is 7.05 Å². The van der Waals surface area contributed by atoms with Gasteiger partial charge in [0.1, 0.15) is 0 Å². The Morgan fingerprint density at radius 3 is 2.77 bits per heavy atom. The van der Waals surface area contributed by atoms with Crippen molar-refractivity contribution >= 4 is 22.8 Å². The number of nitrogen functional groups attached to an aromatic ring is 1. The van der Waals surface area contributed by atoms with E-state index >= 15 is 0 Å². The Morgan fingerprint density at radius 1 is 1.15 bits per heavy atom. The number of nitrogens with one attached hydrogen (secondary N) is 1. The Bertz CT molecular complexity index is 1130. The summed E-state index contributed by atoms with van der Waals surface area (Å²) < 4.78 is 16.9. The molecule has 4 rings (SSSR count). The molecule has 10 heteroatoms. The Kier molecular flexibility index (Phi) is 3.57. The molecule has 0 aliphatic heterocycles. The van der Waals surface area contributed by atoms with E-state index in [-0.39, 0.29) is 16.9 Å². The summed E-state index contributed by atoms with van der Waals surface area (Å²) in [5, 5.41) is 10.7. The highest BCUT2D eigenvalue weighted by Gasteiger charge is 2.16. The van der Waals surface area contributed by atoms with Crippen LogP contribution in [-0.4, -0.2) is 35.3 Å². The van der Waals surface area contributed by atoms with Crippen LogP contribution < -0.4 is 11.1 Å². The second-order valence-corrected chi connectivity index (χ2v) is 5.62. The number of nitrogens with zero attached hydrogens (tertiary/aromatic N) is 6. The molecule has 0 radical (unpaired) electrons. The molecule has 0 spiro atoms. The normalized spacial score (nSPS) is 11.0. The SMILES string of the molecule is Cn1cc(-c2cn3ncc(C(=O)Nc4cc(N)cnc4F)c3cn2)cn1. The number of amides is 1. The number of halogens is 1. The zero-order valence-electron chi connectivity index (χ0n) is 13.6. The summed E-state index contributed by atoms with van der Waals surface area (Å²) in [6.07, 6.45) is 9.27. The number of aromatic nitrogens is 6. The van der Waals surface area contributed by atoms with Gasteiger partial charge < -0.3 is 11.1 Å². The van der Waals surface area contributed by atoms with E-state index in [0.717, 1.165) is 5.56 Å². The molecular weight excluding hydrogens is 339 g/mol. The number of rotatable bonds is 3. The molecule has 4 aromatic heterocycles. The Morgan fingerprint density at radius 2 is 2.00 bits per heavy atom. The van der Waals surface area contributed by atoms with Gasteiger partial charge in [-0.1, -0.05) is 0 Å². The summed E-state index contributed by atoms with van der Waals surface area (Å²) in [6.45, 7) is 0. The van der Waals surface area contributed by atoms with Crippen LogP contribution in [0.3, 0.4) is 0 Å². The molecule has 0 fully saturated rings. The average Bonchev–Trinajstić information content (AvgIpc) is 3.23. The number of nitrogens with two attached hydrogens (primary N) is 1. The van der Waals surface area contributed by atoms with Gasteiger partial charge in [-0.2, -0.15) is 14.6 Å². The number of aryl methyl sites for hydroxylation is 1. The minimum Gasteiger partial charge on any atom is -0.397 e. The van der Waals surface area contributed by atoms with Gasteiger partial charge in [-0.3, -0.25) is 14.5 Å². The highest BCUT2D eigenvalue weighted by molar-refractivity contribution is 6.08. The van der Waals surface area contributed by atoms with Crippen LogP contribution in [0, 0.1) is 5.95 Å². The summed E-state index contributed by atoms with van der Waals surface area (Å²) in [5.41, 5.74) is 7.92. The number of carbonyl (C=O) groups excluding carboxylic acids is 1. The molecule has 130 valence electrons. The Hall–Kier alpha value is -3.82. The molecule has 9 nitrogen and oxygen atoms in total. The van der Waals surface area contributed by atoms with Crippen LogP contribution in [0.25, 0.3) is 16.8 Å². The first-order chi connectivity index (χ1) is 12.5. The van der Waals surface area contributed by atoms with Crippen molar-refractivity contribution in [2.75, 3.05) is 11.1 Å². The van der Waals surface area contributed by atoms with Gasteiger partial charge >= 0.3 is 0 Å². The van der Waals surface area contributed by atoms with E-state index in [2.05, 4.69) is 25.5 Å². The third-order valence-electron chi connectivity index (χ3n) is 3.76. The van der Waals surface area contributed by atoms with Crippen LogP contribution in [0.5, 0.6) is 0 Å². The maximum atomic E-state index is 13.7. The molecule has 1 amide bonds. The van der Waals surface area contributed by atoms with Gasteiger partial charge in [0.2, 0.25) is 5.95 Å². The van der Waals surface area contributed by atoms with Gasteiger partial charge in [0, 0.05) is 18.8 Å². The van der Waals surface area contributed by atoms with Gasteiger partial charge in [0.25, 0.3) is 5.91 Å². The first kappa shape index (κ1) is 15.7. The maximum Gasteiger partial charge on any atom is 0.259 e. The second-order valence-electron chi connectivity index (χ2n) is 5.62. The zero-order valence-corrected chi connectivity index (χ0v) is 13.6. The monoisotopic (exact) mass is 352 g/mol. The van der Waals surface area contributed by atoms with Crippen LogP contribution in [0.15, 0.2) is 43.2 Å². The lowest BCUT2D eigenvalue weighted by molar-refractivity contribution is 0.102. The first-order valence-electron chi connectivity index (χ1n) is 7.56. The molecule has 4 heterocycles. The zero-order chi connectivity index (χ0) is 18.3. The molecular formula is C16H13FN8O. The van der Waals surface area contributed by atoms with Crippen molar-refractivity contribution in [2.24, 2.45) is 7.05 Å². The van der Waals surface area contributed by atoms with E-state index in [9.17, 15) is 9.18 Å². The molecule has 0 atom stereocenters. The van der Waals surface area contributed by atoms with Crippen LogP contribution >= 0.6 is 0 Å². The molecule has 0 saturated carbocycles. The number of hydrogen-bond donors (Lipinski definition) is 2.